The van der Waals surface area contributed by atoms with Crippen LogP contribution < -0.4 is 5.32 Å². The number of nitrogens with one attached hydrogen (secondary N) is 1. The number of anilines is 1. The Hall–Kier alpha value is -1.67. The Bertz CT molecular complexity index is 520. The fourth-order valence-electron chi connectivity index (χ4n) is 0.918. The number of amides is 1. The summed E-state index contributed by atoms with van der Waals surface area (Å²) < 4.78 is 3.58. The maximum Gasteiger partial charge on any atom is 0.278 e. The van der Waals surface area contributed by atoms with Gasteiger partial charge in [-0.2, -0.15) is 0 Å². The van der Waals surface area contributed by atoms with Gasteiger partial charge in [-0.15, -0.1) is 16.4 Å². The summed E-state index contributed by atoms with van der Waals surface area (Å²) in [6.07, 6.45) is 0. The van der Waals surface area contributed by atoms with Crippen molar-refractivity contribution in [2.75, 3.05) is 5.32 Å². The summed E-state index contributed by atoms with van der Waals surface area (Å²) in [5.41, 5.74) is 0.585. The van der Waals surface area contributed by atoms with Crippen molar-refractivity contribution in [1.82, 2.24) is 14.6 Å². The van der Waals surface area contributed by atoms with Crippen LogP contribution in [-0.2, 0) is 0 Å². The molecule has 2 aromatic rings. The standard InChI is InChI=1S/C8H6N4O2S2/c1-4(13)5-2-15-8(9-5)10-7(14)6-3-16-12-11-6/h2-3H,1H3,(H,9,10,14). The Kier molecular flexibility index (Phi) is 3.02. The van der Waals surface area contributed by atoms with Crippen LogP contribution in [0.1, 0.15) is 27.9 Å². The quantitative estimate of drug-likeness (QED) is 0.838. The van der Waals surface area contributed by atoms with Crippen LogP contribution in [0.15, 0.2) is 10.8 Å². The second-order valence-electron chi connectivity index (χ2n) is 2.84. The number of rotatable bonds is 3. The summed E-state index contributed by atoms with van der Waals surface area (Å²) in [4.78, 5) is 26.5. The SMILES string of the molecule is CC(=O)c1csc(NC(=O)c2csnn2)n1. The largest absolute Gasteiger partial charge is 0.296 e. The molecule has 0 aromatic carbocycles. The van der Waals surface area contributed by atoms with Gasteiger partial charge in [0.15, 0.2) is 16.6 Å². The predicted molar refractivity (Wildman–Crippen MR) is 60.0 cm³/mol. The highest BCUT2D eigenvalue weighted by atomic mass is 32.1. The Morgan fingerprint density at radius 1 is 1.31 bits per heavy atom. The number of hydrogen-bond acceptors (Lipinski definition) is 7. The number of carbonyl (C=O) groups excluding carboxylic acids is 2. The molecular weight excluding hydrogens is 248 g/mol. The summed E-state index contributed by atoms with van der Waals surface area (Å²) in [7, 11) is 0. The molecule has 1 amide bonds. The van der Waals surface area contributed by atoms with Crippen LogP contribution >= 0.6 is 22.9 Å². The molecule has 0 unspecified atom stereocenters. The van der Waals surface area contributed by atoms with Crippen molar-refractivity contribution in [1.29, 1.82) is 0 Å². The first-order chi connectivity index (χ1) is 7.66. The van der Waals surface area contributed by atoms with E-state index < -0.39 is 0 Å². The van der Waals surface area contributed by atoms with Crippen LogP contribution in [0, 0.1) is 0 Å². The average Bonchev–Trinajstić information content (AvgIpc) is 2.87. The molecule has 0 bridgehead atoms. The molecule has 16 heavy (non-hydrogen) atoms. The van der Waals surface area contributed by atoms with Crippen molar-refractivity contribution >= 4 is 39.7 Å². The highest BCUT2D eigenvalue weighted by molar-refractivity contribution is 7.14. The average molecular weight is 254 g/mol. The smallest absolute Gasteiger partial charge is 0.278 e. The van der Waals surface area contributed by atoms with E-state index in [2.05, 4.69) is 19.9 Å². The molecule has 0 fully saturated rings. The first-order valence-electron chi connectivity index (χ1n) is 4.21. The third-order valence-electron chi connectivity index (χ3n) is 1.68. The molecule has 0 aliphatic heterocycles. The predicted octanol–water partition coefficient (Wildman–Crippen LogP) is 1.45. The van der Waals surface area contributed by atoms with Crippen LogP contribution in [0.25, 0.3) is 0 Å². The van der Waals surface area contributed by atoms with Gasteiger partial charge in [0.05, 0.1) is 0 Å². The van der Waals surface area contributed by atoms with E-state index in [1.54, 1.807) is 5.38 Å². The van der Waals surface area contributed by atoms with E-state index >= 15 is 0 Å². The first kappa shape index (κ1) is 10.8. The van der Waals surface area contributed by atoms with Gasteiger partial charge in [-0.3, -0.25) is 14.9 Å². The number of aromatic nitrogens is 3. The summed E-state index contributed by atoms with van der Waals surface area (Å²) >= 11 is 2.29. The Morgan fingerprint density at radius 3 is 2.69 bits per heavy atom. The van der Waals surface area contributed by atoms with Crippen LogP contribution in [-0.4, -0.2) is 26.3 Å². The zero-order chi connectivity index (χ0) is 11.5. The number of hydrogen-bond donors (Lipinski definition) is 1. The van der Waals surface area contributed by atoms with Crippen molar-refractivity contribution in [3.05, 3.63) is 22.1 Å². The van der Waals surface area contributed by atoms with Gasteiger partial charge in [-0.05, 0) is 11.5 Å². The number of carbonyl (C=O) groups is 2. The monoisotopic (exact) mass is 254 g/mol. The zero-order valence-electron chi connectivity index (χ0n) is 8.13. The molecule has 2 aromatic heterocycles. The number of Topliss-reactive ketones (excluding diaryl/α,β-unsaturated/α-hetero) is 1. The summed E-state index contributed by atoms with van der Waals surface area (Å²) in [6, 6.07) is 0. The van der Waals surface area contributed by atoms with E-state index in [0.717, 1.165) is 11.5 Å². The molecule has 8 heteroatoms. The Labute approximate surface area is 98.5 Å². The summed E-state index contributed by atoms with van der Waals surface area (Å²) in [5.74, 6) is -0.509. The van der Waals surface area contributed by atoms with E-state index in [9.17, 15) is 9.59 Å². The molecule has 0 atom stereocenters. The molecule has 0 spiro atoms. The Balaban J connectivity index is 2.09. The number of thiazole rings is 1. The fraction of sp³-hybridized carbons (Fsp3) is 0.125. The van der Waals surface area contributed by atoms with Gasteiger partial charge in [0.25, 0.3) is 5.91 Å². The highest BCUT2D eigenvalue weighted by Crippen LogP contribution is 2.16. The molecule has 1 N–H and O–H groups in total. The minimum atomic E-state index is -0.377. The third kappa shape index (κ3) is 2.28. The second-order valence-corrected chi connectivity index (χ2v) is 4.31. The summed E-state index contributed by atoms with van der Waals surface area (Å²) in [6.45, 7) is 1.42. The maximum atomic E-state index is 11.5. The highest BCUT2D eigenvalue weighted by Gasteiger charge is 2.12. The molecule has 82 valence electrons. The third-order valence-corrected chi connectivity index (χ3v) is 2.94. The Morgan fingerprint density at radius 2 is 2.12 bits per heavy atom. The van der Waals surface area contributed by atoms with E-state index in [4.69, 9.17) is 0 Å². The van der Waals surface area contributed by atoms with E-state index in [-0.39, 0.29) is 17.4 Å². The van der Waals surface area contributed by atoms with E-state index in [1.807, 2.05) is 0 Å². The molecule has 0 saturated heterocycles. The van der Waals surface area contributed by atoms with Gasteiger partial charge in [0.1, 0.15) is 5.69 Å². The van der Waals surface area contributed by atoms with Gasteiger partial charge >= 0.3 is 0 Å². The lowest BCUT2D eigenvalue weighted by molar-refractivity contribution is 0.100. The van der Waals surface area contributed by atoms with Gasteiger partial charge in [-0.25, -0.2) is 4.98 Å². The zero-order valence-corrected chi connectivity index (χ0v) is 9.76. The van der Waals surface area contributed by atoms with E-state index in [0.29, 0.717) is 10.8 Å². The van der Waals surface area contributed by atoms with Crippen LogP contribution in [0.2, 0.25) is 0 Å². The topological polar surface area (TPSA) is 84.8 Å². The minimum Gasteiger partial charge on any atom is -0.296 e. The molecule has 2 rings (SSSR count). The summed E-state index contributed by atoms with van der Waals surface area (Å²) in [5, 5.41) is 9.67. The molecule has 2 heterocycles. The van der Waals surface area contributed by atoms with Gasteiger partial charge in [0.2, 0.25) is 0 Å². The van der Waals surface area contributed by atoms with Crippen LogP contribution in [0.3, 0.4) is 0 Å². The first-order valence-corrected chi connectivity index (χ1v) is 5.93. The van der Waals surface area contributed by atoms with Crippen molar-refractivity contribution < 1.29 is 9.59 Å². The molecule has 6 nitrogen and oxygen atoms in total. The maximum absolute atomic E-state index is 11.5. The molecule has 0 aliphatic rings. The number of nitrogens with zero attached hydrogens (tertiary/aromatic N) is 3. The van der Waals surface area contributed by atoms with E-state index in [1.165, 1.54) is 23.6 Å². The van der Waals surface area contributed by atoms with Crippen molar-refractivity contribution in [3.8, 4) is 0 Å². The minimum absolute atomic E-state index is 0.132. The lowest BCUT2D eigenvalue weighted by Gasteiger charge is -1.95. The lowest BCUT2D eigenvalue weighted by Crippen LogP contribution is -2.12. The van der Waals surface area contributed by atoms with Gasteiger partial charge < -0.3 is 0 Å². The van der Waals surface area contributed by atoms with Crippen LogP contribution in [0.5, 0.6) is 0 Å². The normalized spacial score (nSPS) is 10.1. The molecule has 0 aliphatic carbocycles. The van der Waals surface area contributed by atoms with Crippen molar-refractivity contribution in [3.63, 3.8) is 0 Å². The lowest BCUT2D eigenvalue weighted by atomic mass is 10.4. The molecular formula is C8H6N4O2S2. The second kappa shape index (κ2) is 4.45. The molecule has 0 saturated carbocycles. The fourth-order valence-corrected chi connectivity index (χ4v) is 2.10. The van der Waals surface area contributed by atoms with Gasteiger partial charge in [-0.1, -0.05) is 4.49 Å². The van der Waals surface area contributed by atoms with Crippen LogP contribution in [0.4, 0.5) is 5.13 Å². The number of ketones is 1. The van der Waals surface area contributed by atoms with Crippen molar-refractivity contribution in [2.24, 2.45) is 0 Å². The van der Waals surface area contributed by atoms with Gasteiger partial charge in [0, 0.05) is 17.7 Å². The van der Waals surface area contributed by atoms with Crippen molar-refractivity contribution in [2.45, 2.75) is 6.92 Å². The molecule has 0 radical (unpaired) electrons.